The van der Waals surface area contributed by atoms with Crippen LogP contribution in [0.5, 0.6) is 0 Å². The summed E-state index contributed by atoms with van der Waals surface area (Å²) in [5, 5.41) is 7.59. The molecule has 0 heterocycles. The van der Waals surface area contributed by atoms with Crippen LogP contribution in [0.25, 0.3) is 88.0 Å². The van der Waals surface area contributed by atoms with Gasteiger partial charge in [-0.1, -0.05) is 172 Å². The second kappa shape index (κ2) is 11.4. The van der Waals surface area contributed by atoms with Crippen LogP contribution in [0.3, 0.4) is 0 Å². The Bertz CT molecular complexity index is 2760. The van der Waals surface area contributed by atoms with E-state index in [-0.39, 0.29) is 5.41 Å². The quantitative estimate of drug-likeness (QED) is 0.167. The first-order chi connectivity index (χ1) is 25.0. The molecule has 9 aromatic rings. The van der Waals surface area contributed by atoms with E-state index >= 15 is 0 Å². The first kappa shape index (κ1) is 29.7. The van der Waals surface area contributed by atoms with Crippen LogP contribution < -0.4 is 0 Å². The summed E-state index contributed by atoms with van der Waals surface area (Å²) < 4.78 is 0. The minimum absolute atomic E-state index is 0.0330. The molecule has 0 aromatic heterocycles. The number of hydrogen-bond acceptors (Lipinski definition) is 0. The van der Waals surface area contributed by atoms with E-state index in [4.69, 9.17) is 0 Å². The van der Waals surface area contributed by atoms with Crippen LogP contribution in [0.1, 0.15) is 25.0 Å². The smallest absolute Gasteiger partial charge is 0.0159 e. The SMILES string of the molecule is CC1(C)c2ccccc2-c2ccc(-c3cccc(-c4c5ccccc5c(-c5ccc6cc(-c7ccccc7)ccc6c5)c5ccccc45)c3)cc21. The Kier molecular flexibility index (Phi) is 6.63. The van der Waals surface area contributed by atoms with Gasteiger partial charge in [0.15, 0.2) is 0 Å². The van der Waals surface area contributed by atoms with Crippen LogP contribution in [0, 0.1) is 0 Å². The van der Waals surface area contributed by atoms with Crippen molar-refractivity contribution in [2.45, 2.75) is 19.3 Å². The highest BCUT2D eigenvalue weighted by molar-refractivity contribution is 6.21. The fourth-order valence-corrected chi connectivity index (χ4v) is 8.70. The summed E-state index contributed by atoms with van der Waals surface area (Å²) in [5.74, 6) is 0. The number of hydrogen-bond donors (Lipinski definition) is 0. The summed E-state index contributed by atoms with van der Waals surface area (Å²) in [5.41, 5.74) is 15.5. The Balaban J connectivity index is 1.12. The molecular weight excluding hydrogens is 613 g/mol. The van der Waals surface area contributed by atoms with Crippen LogP contribution in [0.15, 0.2) is 182 Å². The maximum atomic E-state index is 2.43. The highest BCUT2D eigenvalue weighted by Crippen LogP contribution is 2.50. The zero-order chi connectivity index (χ0) is 34.1. The highest BCUT2D eigenvalue weighted by atomic mass is 14.4. The van der Waals surface area contributed by atoms with Gasteiger partial charge < -0.3 is 0 Å². The highest BCUT2D eigenvalue weighted by Gasteiger charge is 2.35. The molecule has 0 heteroatoms. The molecule has 0 bridgehead atoms. The predicted octanol–water partition coefficient (Wildman–Crippen LogP) is 14.1. The van der Waals surface area contributed by atoms with Gasteiger partial charge in [-0.15, -0.1) is 0 Å². The summed E-state index contributed by atoms with van der Waals surface area (Å²) >= 11 is 0. The van der Waals surface area contributed by atoms with E-state index in [1.54, 1.807) is 0 Å². The molecule has 9 aromatic carbocycles. The average Bonchev–Trinajstić information content (AvgIpc) is 3.42. The standard InChI is InChI=1S/C51H36/c1-51(2)47-22-11-10-17-41(47)42-28-27-38(32-48(42)51)34-15-12-16-39(30-34)49-43-18-6-8-20-45(43)50(46-21-9-7-19-44(46)49)40-26-25-36-29-35(23-24-37(36)31-40)33-13-4-3-5-14-33/h3-32H,1-2H3. The van der Waals surface area contributed by atoms with Gasteiger partial charge in [-0.3, -0.25) is 0 Å². The minimum atomic E-state index is -0.0330. The molecule has 1 aliphatic carbocycles. The lowest BCUT2D eigenvalue weighted by atomic mass is 9.81. The lowest BCUT2D eigenvalue weighted by molar-refractivity contribution is 0.660. The zero-order valence-corrected chi connectivity index (χ0v) is 28.8. The van der Waals surface area contributed by atoms with Gasteiger partial charge in [-0.05, 0) is 123 Å². The second-order valence-electron chi connectivity index (χ2n) is 14.5. The fraction of sp³-hybridized carbons (Fsp3) is 0.0588. The molecule has 0 radical (unpaired) electrons. The van der Waals surface area contributed by atoms with E-state index < -0.39 is 0 Å². The van der Waals surface area contributed by atoms with Crippen LogP contribution >= 0.6 is 0 Å². The first-order valence-corrected chi connectivity index (χ1v) is 17.9. The molecule has 0 saturated heterocycles. The molecule has 51 heavy (non-hydrogen) atoms. The van der Waals surface area contributed by atoms with Crippen molar-refractivity contribution in [1.82, 2.24) is 0 Å². The van der Waals surface area contributed by atoms with Gasteiger partial charge in [-0.25, -0.2) is 0 Å². The average molecular weight is 649 g/mol. The lowest BCUT2D eigenvalue weighted by Crippen LogP contribution is -2.14. The monoisotopic (exact) mass is 648 g/mol. The van der Waals surface area contributed by atoms with Crippen molar-refractivity contribution in [1.29, 1.82) is 0 Å². The molecule has 0 spiro atoms. The van der Waals surface area contributed by atoms with Gasteiger partial charge in [0.25, 0.3) is 0 Å². The number of benzene rings is 9. The normalized spacial score (nSPS) is 13.1. The zero-order valence-electron chi connectivity index (χ0n) is 28.8. The Morgan fingerprint density at radius 3 is 1.43 bits per heavy atom. The van der Waals surface area contributed by atoms with Crippen molar-refractivity contribution in [3.05, 3.63) is 193 Å². The van der Waals surface area contributed by atoms with Crippen LogP contribution in [0.4, 0.5) is 0 Å². The molecular formula is C51H36. The van der Waals surface area contributed by atoms with Gasteiger partial charge >= 0.3 is 0 Å². The van der Waals surface area contributed by atoms with Crippen LogP contribution in [-0.2, 0) is 5.41 Å². The lowest BCUT2D eigenvalue weighted by Gasteiger charge is -2.22. The molecule has 240 valence electrons. The molecule has 10 rings (SSSR count). The maximum absolute atomic E-state index is 2.43. The van der Waals surface area contributed by atoms with E-state index in [2.05, 4.69) is 196 Å². The van der Waals surface area contributed by atoms with E-state index in [1.807, 2.05) is 0 Å². The van der Waals surface area contributed by atoms with Gasteiger partial charge in [0.2, 0.25) is 0 Å². The molecule has 0 aliphatic heterocycles. The Labute approximate surface area is 299 Å². The van der Waals surface area contributed by atoms with E-state index in [0.717, 1.165) is 0 Å². The van der Waals surface area contributed by atoms with Gasteiger partial charge in [0.05, 0.1) is 0 Å². The topological polar surface area (TPSA) is 0 Å². The molecule has 0 amide bonds. The molecule has 0 unspecified atom stereocenters. The first-order valence-electron chi connectivity index (χ1n) is 17.9. The molecule has 0 saturated carbocycles. The maximum Gasteiger partial charge on any atom is 0.0159 e. The summed E-state index contributed by atoms with van der Waals surface area (Å²) in [6, 6.07) is 67.4. The molecule has 0 N–H and O–H groups in total. The second-order valence-corrected chi connectivity index (χ2v) is 14.5. The molecule has 0 nitrogen and oxygen atoms in total. The van der Waals surface area contributed by atoms with E-state index in [1.165, 1.54) is 99.1 Å². The van der Waals surface area contributed by atoms with Crippen LogP contribution in [0.2, 0.25) is 0 Å². The minimum Gasteiger partial charge on any atom is -0.0622 e. The van der Waals surface area contributed by atoms with Crippen molar-refractivity contribution in [3.63, 3.8) is 0 Å². The largest absolute Gasteiger partial charge is 0.0622 e. The van der Waals surface area contributed by atoms with E-state index in [0.29, 0.717) is 0 Å². The number of fused-ring (bicyclic) bond motifs is 6. The van der Waals surface area contributed by atoms with Crippen molar-refractivity contribution in [2.24, 2.45) is 0 Å². The van der Waals surface area contributed by atoms with Gasteiger partial charge in [0.1, 0.15) is 0 Å². The third-order valence-corrected chi connectivity index (χ3v) is 11.2. The van der Waals surface area contributed by atoms with Crippen molar-refractivity contribution < 1.29 is 0 Å². The molecule has 1 aliphatic rings. The summed E-state index contributed by atoms with van der Waals surface area (Å²) in [4.78, 5) is 0. The Morgan fingerprint density at radius 1 is 0.294 bits per heavy atom. The third kappa shape index (κ3) is 4.68. The third-order valence-electron chi connectivity index (χ3n) is 11.2. The summed E-state index contributed by atoms with van der Waals surface area (Å²) in [6.07, 6.45) is 0. The van der Waals surface area contributed by atoms with Gasteiger partial charge in [0, 0.05) is 5.41 Å². The van der Waals surface area contributed by atoms with Crippen molar-refractivity contribution in [3.8, 4) is 55.6 Å². The van der Waals surface area contributed by atoms with Gasteiger partial charge in [-0.2, -0.15) is 0 Å². The fourth-order valence-electron chi connectivity index (χ4n) is 8.70. The Hall–Kier alpha value is -6.24. The summed E-state index contributed by atoms with van der Waals surface area (Å²) in [7, 11) is 0. The van der Waals surface area contributed by atoms with Crippen molar-refractivity contribution in [2.75, 3.05) is 0 Å². The summed E-state index contributed by atoms with van der Waals surface area (Å²) in [6.45, 7) is 4.71. The van der Waals surface area contributed by atoms with E-state index in [9.17, 15) is 0 Å². The number of rotatable bonds is 4. The predicted molar refractivity (Wildman–Crippen MR) is 218 cm³/mol. The van der Waals surface area contributed by atoms with Crippen LogP contribution in [-0.4, -0.2) is 0 Å². The molecule has 0 atom stereocenters. The molecule has 0 fully saturated rings. The van der Waals surface area contributed by atoms with Crippen molar-refractivity contribution >= 4 is 32.3 Å². The Morgan fingerprint density at radius 2 is 0.745 bits per heavy atom.